The van der Waals surface area contributed by atoms with Gasteiger partial charge in [-0.3, -0.25) is 4.79 Å². The van der Waals surface area contributed by atoms with Gasteiger partial charge < -0.3 is 15.5 Å². The Labute approximate surface area is 66.9 Å². The highest BCUT2D eigenvalue weighted by Crippen LogP contribution is 2.06. The molecule has 1 saturated heterocycles. The Bertz CT molecular complexity index is 158. The van der Waals surface area contributed by atoms with Crippen LogP contribution >= 0.6 is 0 Å². The van der Waals surface area contributed by atoms with Gasteiger partial charge in [0.25, 0.3) is 0 Å². The molecular formula is C7H15N3O. The second kappa shape index (κ2) is 3.19. The molecule has 0 saturated carbocycles. The molecule has 11 heavy (non-hydrogen) atoms. The number of likely N-dealkylation sites (N-methyl/N-ethyl adjacent to an activating group) is 1. The molecule has 4 nitrogen and oxygen atoms in total. The van der Waals surface area contributed by atoms with E-state index in [-0.39, 0.29) is 11.9 Å². The molecule has 1 aliphatic heterocycles. The molecule has 0 aliphatic carbocycles. The monoisotopic (exact) mass is 157 g/mol. The largest absolute Gasteiger partial charge is 0.338 e. The maximum absolute atomic E-state index is 11.0. The zero-order chi connectivity index (χ0) is 8.43. The number of nitrogens with zero attached hydrogens (tertiary/aromatic N) is 2. The third-order valence-electron chi connectivity index (χ3n) is 1.86. The summed E-state index contributed by atoms with van der Waals surface area (Å²) in [5, 5.41) is 0. The van der Waals surface area contributed by atoms with Crippen LogP contribution < -0.4 is 5.73 Å². The average Bonchev–Trinajstić information content (AvgIpc) is 1.96. The molecule has 0 aromatic rings. The maximum atomic E-state index is 11.0. The normalized spacial score (nSPS) is 24.2. The summed E-state index contributed by atoms with van der Waals surface area (Å²) in [4.78, 5) is 14.8. The summed E-state index contributed by atoms with van der Waals surface area (Å²) in [6.45, 7) is 2.45. The van der Waals surface area contributed by atoms with Crippen molar-refractivity contribution >= 4 is 5.91 Å². The van der Waals surface area contributed by atoms with Gasteiger partial charge in [0, 0.05) is 19.6 Å². The first-order valence-corrected chi connectivity index (χ1v) is 3.80. The van der Waals surface area contributed by atoms with Crippen LogP contribution in [0, 0.1) is 0 Å². The summed E-state index contributed by atoms with van der Waals surface area (Å²) in [5.41, 5.74) is 5.41. The lowest BCUT2D eigenvalue weighted by atomic mass is 10.1. The highest BCUT2D eigenvalue weighted by atomic mass is 16.2. The van der Waals surface area contributed by atoms with Gasteiger partial charge in [-0.2, -0.15) is 0 Å². The topological polar surface area (TPSA) is 49.6 Å². The van der Waals surface area contributed by atoms with Crippen LogP contribution in [0.3, 0.4) is 0 Å². The molecule has 1 amide bonds. The predicted octanol–water partition coefficient (Wildman–Crippen LogP) is -1.28. The van der Waals surface area contributed by atoms with E-state index >= 15 is 0 Å². The summed E-state index contributed by atoms with van der Waals surface area (Å²) in [6, 6.07) is -0.225. The standard InChI is InChI=1S/C7H15N3O/c1-9(2)3-4-10-5-6(8)7(10)11/h6H,3-5,8H2,1-2H3. The average molecular weight is 157 g/mol. The van der Waals surface area contributed by atoms with Crippen LogP contribution in [0.25, 0.3) is 0 Å². The number of carbonyl (C=O) groups is 1. The van der Waals surface area contributed by atoms with E-state index in [0.29, 0.717) is 0 Å². The van der Waals surface area contributed by atoms with Crippen LogP contribution in [0.2, 0.25) is 0 Å². The Kier molecular flexibility index (Phi) is 2.46. The van der Waals surface area contributed by atoms with Crippen molar-refractivity contribution in [1.82, 2.24) is 9.80 Å². The molecule has 1 atom stereocenters. The Balaban J connectivity index is 2.15. The number of nitrogens with two attached hydrogens (primary N) is 1. The van der Waals surface area contributed by atoms with Crippen LogP contribution in [-0.2, 0) is 4.79 Å². The number of carbonyl (C=O) groups excluding carboxylic acids is 1. The number of amides is 1. The van der Waals surface area contributed by atoms with E-state index in [1.54, 1.807) is 4.90 Å². The fourth-order valence-corrected chi connectivity index (χ4v) is 1.05. The van der Waals surface area contributed by atoms with E-state index in [4.69, 9.17) is 5.73 Å². The lowest BCUT2D eigenvalue weighted by Gasteiger charge is -2.36. The Hall–Kier alpha value is -0.610. The third-order valence-corrected chi connectivity index (χ3v) is 1.86. The van der Waals surface area contributed by atoms with Crippen LogP contribution in [-0.4, -0.2) is 55.5 Å². The first kappa shape index (κ1) is 8.49. The summed E-state index contributed by atoms with van der Waals surface area (Å²) in [5.74, 6) is 0.0897. The molecule has 1 aliphatic rings. The molecule has 1 fully saturated rings. The number of hydrogen-bond donors (Lipinski definition) is 1. The molecule has 4 heteroatoms. The van der Waals surface area contributed by atoms with E-state index in [0.717, 1.165) is 19.6 Å². The van der Waals surface area contributed by atoms with Gasteiger partial charge in [0.1, 0.15) is 6.04 Å². The minimum Gasteiger partial charge on any atom is -0.338 e. The van der Waals surface area contributed by atoms with Crippen molar-refractivity contribution in [3.05, 3.63) is 0 Å². The van der Waals surface area contributed by atoms with Crippen molar-refractivity contribution in [1.29, 1.82) is 0 Å². The smallest absolute Gasteiger partial charge is 0.241 e. The van der Waals surface area contributed by atoms with Crippen molar-refractivity contribution < 1.29 is 4.79 Å². The molecule has 0 aromatic heterocycles. The fourth-order valence-electron chi connectivity index (χ4n) is 1.05. The first-order chi connectivity index (χ1) is 5.11. The van der Waals surface area contributed by atoms with Crippen LogP contribution in [0.4, 0.5) is 0 Å². The van der Waals surface area contributed by atoms with Crippen LogP contribution in [0.1, 0.15) is 0 Å². The molecule has 0 bridgehead atoms. The highest BCUT2D eigenvalue weighted by Gasteiger charge is 2.32. The van der Waals surface area contributed by atoms with Gasteiger partial charge in [-0.25, -0.2) is 0 Å². The van der Waals surface area contributed by atoms with Crippen LogP contribution in [0.15, 0.2) is 0 Å². The van der Waals surface area contributed by atoms with Gasteiger partial charge in [-0.05, 0) is 14.1 Å². The molecule has 64 valence electrons. The number of hydrogen-bond acceptors (Lipinski definition) is 3. The van der Waals surface area contributed by atoms with E-state index in [1.165, 1.54) is 0 Å². The number of likely N-dealkylation sites (tertiary alicyclic amines) is 1. The SMILES string of the molecule is CN(C)CCN1CC(N)C1=O. The van der Waals surface area contributed by atoms with E-state index in [9.17, 15) is 4.79 Å². The molecular weight excluding hydrogens is 142 g/mol. The molecule has 0 aromatic carbocycles. The van der Waals surface area contributed by atoms with E-state index in [2.05, 4.69) is 4.90 Å². The summed E-state index contributed by atoms with van der Waals surface area (Å²) in [7, 11) is 3.98. The van der Waals surface area contributed by atoms with Crippen molar-refractivity contribution in [3.63, 3.8) is 0 Å². The summed E-state index contributed by atoms with van der Waals surface area (Å²) >= 11 is 0. The second-order valence-electron chi connectivity index (χ2n) is 3.19. The molecule has 1 unspecified atom stereocenters. The number of rotatable bonds is 3. The minimum atomic E-state index is -0.225. The van der Waals surface area contributed by atoms with Gasteiger partial charge in [-0.1, -0.05) is 0 Å². The second-order valence-corrected chi connectivity index (χ2v) is 3.19. The van der Waals surface area contributed by atoms with Crippen LogP contribution in [0.5, 0.6) is 0 Å². The van der Waals surface area contributed by atoms with E-state index < -0.39 is 0 Å². The van der Waals surface area contributed by atoms with Crippen molar-refractivity contribution in [3.8, 4) is 0 Å². The third kappa shape index (κ3) is 1.91. The lowest BCUT2D eigenvalue weighted by Crippen LogP contribution is -2.61. The van der Waals surface area contributed by atoms with E-state index in [1.807, 2.05) is 14.1 Å². The molecule has 1 heterocycles. The highest BCUT2D eigenvalue weighted by molar-refractivity contribution is 5.87. The lowest BCUT2D eigenvalue weighted by molar-refractivity contribution is -0.142. The summed E-state index contributed by atoms with van der Waals surface area (Å²) < 4.78 is 0. The predicted molar refractivity (Wildman–Crippen MR) is 43.1 cm³/mol. The van der Waals surface area contributed by atoms with Crippen molar-refractivity contribution in [2.24, 2.45) is 5.73 Å². The summed E-state index contributed by atoms with van der Waals surface area (Å²) in [6.07, 6.45) is 0. The first-order valence-electron chi connectivity index (χ1n) is 3.80. The molecule has 0 radical (unpaired) electrons. The molecule has 0 spiro atoms. The van der Waals surface area contributed by atoms with Gasteiger partial charge >= 0.3 is 0 Å². The van der Waals surface area contributed by atoms with Gasteiger partial charge in [0.2, 0.25) is 5.91 Å². The van der Waals surface area contributed by atoms with Gasteiger partial charge in [-0.15, -0.1) is 0 Å². The minimum absolute atomic E-state index is 0.0897. The number of β-lactam (4-membered cyclic amide) rings is 1. The zero-order valence-electron chi connectivity index (χ0n) is 7.08. The Morgan fingerprint density at radius 3 is 2.73 bits per heavy atom. The fraction of sp³-hybridized carbons (Fsp3) is 0.857. The molecule has 2 N–H and O–H groups in total. The zero-order valence-corrected chi connectivity index (χ0v) is 7.08. The van der Waals surface area contributed by atoms with Crippen molar-refractivity contribution in [2.75, 3.05) is 33.7 Å². The quantitative estimate of drug-likeness (QED) is 0.519. The van der Waals surface area contributed by atoms with Gasteiger partial charge in [0.05, 0.1) is 0 Å². The maximum Gasteiger partial charge on any atom is 0.241 e. The van der Waals surface area contributed by atoms with Crippen molar-refractivity contribution in [2.45, 2.75) is 6.04 Å². The Morgan fingerprint density at radius 1 is 1.73 bits per heavy atom. The Morgan fingerprint density at radius 2 is 2.36 bits per heavy atom. The van der Waals surface area contributed by atoms with Gasteiger partial charge in [0.15, 0.2) is 0 Å². The molecule has 1 rings (SSSR count).